The van der Waals surface area contributed by atoms with Gasteiger partial charge < -0.3 is 16.2 Å². The Balaban J connectivity index is 2.59. The van der Waals surface area contributed by atoms with Gasteiger partial charge in [-0.2, -0.15) is 0 Å². The van der Waals surface area contributed by atoms with E-state index in [1.807, 2.05) is 0 Å². The van der Waals surface area contributed by atoms with E-state index < -0.39 is 0 Å². The van der Waals surface area contributed by atoms with Crippen molar-refractivity contribution in [2.75, 3.05) is 11.1 Å². The first-order valence-corrected chi connectivity index (χ1v) is 3.58. The third-order valence-electron chi connectivity index (χ3n) is 1.84. The zero-order valence-corrected chi connectivity index (χ0v) is 6.29. The van der Waals surface area contributed by atoms with Crippen LogP contribution in [0.3, 0.4) is 0 Å². The van der Waals surface area contributed by atoms with Gasteiger partial charge in [0, 0.05) is 11.8 Å². The maximum absolute atomic E-state index is 10.9. The molecular weight excluding hydrogens is 156 g/mol. The van der Waals surface area contributed by atoms with Crippen LogP contribution in [0.2, 0.25) is 0 Å². The molecule has 1 aromatic rings. The highest BCUT2D eigenvalue weighted by Gasteiger charge is 2.20. The Labute approximate surface area is 69.0 Å². The van der Waals surface area contributed by atoms with Crippen molar-refractivity contribution in [1.29, 1.82) is 0 Å². The molecule has 12 heavy (non-hydrogen) atoms. The number of nitrogens with one attached hydrogen (secondary N) is 1. The van der Waals surface area contributed by atoms with Crippen molar-refractivity contribution in [2.24, 2.45) is 0 Å². The second-order valence-corrected chi connectivity index (χ2v) is 2.80. The molecule has 4 N–H and O–H groups in total. The Morgan fingerprint density at radius 2 is 2.25 bits per heavy atom. The molecule has 1 aromatic carbocycles. The van der Waals surface area contributed by atoms with E-state index in [-0.39, 0.29) is 11.7 Å². The fourth-order valence-corrected chi connectivity index (χ4v) is 1.35. The number of fused-ring (bicyclic) bond motifs is 1. The lowest BCUT2D eigenvalue weighted by Crippen LogP contribution is -2.03. The van der Waals surface area contributed by atoms with Gasteiger partial charge in [0.1, 0.15) is 5.75 Å². The average Bonchev–Trinajstić information content (AvgIpc) is 2.29. The molecule has 1 aliphatic rings. The van der Waals surface area contributed by atoms with Gasteiger partial charge in [-0.1, -0.05) is 0 Å². The number of phenols is 1. The van der Waals surface area contributed by atoms with Crippen LogP contribution in [0.1, 0.15) is 5.56 Å². The van der Waals surface area contributed by atoms with E-state index in [9.17, 15) is 9.90 Å². The number of hydrogen-bond acceptors (Lipinski definition) is 3. The summed E-state index contributed by atoms with van der Waals surface area (Å²) in [5.41, 5.74) is 7.21. The van der Waals surface area contributed by atoms with Gasteiger partial charge >= 0.3 is 0 Å². The van der Waals surface area contributed by atoms with Gasteiger partial charge in [-0.25, -0.2) is 0 Å². The maximum atomic E-state index is 10.9. The number of amides is 1. The average molecular weight is 164 g/mol. The third kappa shape index (κ3) is 0.887. The number of nitrogens with two attached hydrogens (primary N) is 1. The predicted molar refractivity (Wildman–Crippen MR) is 44.9 cm³/mol. The lowest BCUT2D eigenvalue weighted by atomic mass is 10.1. The predicted octanol–water partition coefficient (Wildman–Crippen LogP) is 0.469. The van der Waals surface area contributed by atoms with Gasteiger partial charge in [0.05, 0.1) is 12.1 Å². The number of anilines is 2. The standard InChI is InChI=1S/C8H8N2O2/c9-5-1-4-2-7(12)10-8(4)6(11)3-5/h1,3,11H,2,9H2,(H,10,12). The molecule has 1 heterocycles. The fraction of sp³-hybridized carbons (Fsp3) is 0.125. The van der Waals surface area contributed by atoms with Crippen LogP contribution in [0.5, 0.6) is 5.75 Å². The number of carbonyl (C=O) groups excluding carboxylic acids is 1. The summed E-state index contributed by atoms with van der Waals surface area (Å²) < 4.78 is 0. The van der Waals surface area contributed by atoms with Crippen molar-refractivity contribution in [3.63, 3.8) is 0 Å². The molecule has 4 heteroatoms. The van der Waals surface area contributed by atoms with E-state index in [1.54, 1.807) is 6.07 Å². The van der Waals surface area contributed by atoms with Gasteiger partial charge in [0.25, 0.3) is 0 Å². The number of benzene rings is 1. The third-order valence-corrected chi connectivity index (χ3v) is 1.84. The Morgan fingerprint density at radius 1 is 1.50 bits per heavy atom. The van der Waals surface area contributed by atoms with Crippen LogP contribution in [0.4, 0.5) is 11.4 Å². The quantitative estimate of drug-likeness (QED) is 0.385. The molecule has 1 amide bonds. The summed E-state index contributed by atoms with van der Waals surface area (Å²) in [5, 5.41) is 11.9. The molecule has 0 spiro atoms. The highest BCUT2D eigenvalue weighted by atomic mass is 16.3. The smallest absolute Gasteiger partial charge is 0.228 e. The Hall–Kier alpha value is -1.71. The first-order valence-electron chi connectivity index (χ1n) is 3.58. The molecule has 0 radical (unpaired) electrons. The molecule has 0 bridgehead atoms. The van der Waals surface area contributed by atoms with E-state index in [0.29, 0.717) is 17.8 Å². The topological polar surface area (TPSA) is 75.3 Å². The first kappa shape index (κ1) is 6.97. The Morgan fingerprint density at radius 3 is 3.00 bits per heavy atom. The van der Waals surface area contributed by atoms with Crippen LogP contribution in [0.15, 0.2) is 12.1 Å². The Bertz CT molecular complexity index is 360. The molecule has 62 valence electrons. The second kappa shape index (κ2) is 2.14. The summed E-state index contributed by atoms with van der Waals surface area (Å²) in [6, 6.07) is 3.11. The zero-order valence-electron chi connectivity index (χ0n) is 6.29. The van der Waals surface area contributed by atoms with Crippen LogP contribution in [0, 0.1) is 0 Å². The van der Waals surface area contributed by atoms with Crippen molar-refractivity contribution in [2.45, 2.75) is 6.42 Å². The van der Waals surface area contributed by atoms with Crippen molar-refractivity contribution >= 4 is 17.3 Å². The number of rotatable bonds is 0. The number of nitrogen functional groups attached to an aromatic ring is 1. The van der Waals surface area contributed by atoms with Crippen molar-refractivity contribution in [1.82, 2.24) is 0 Å². The molecule has 0 fully saturated rings. The van der Waals surface area contributed by atoms with Crippen molar-refractivity contribution in [3.05, 3.63) is 17.7 Å². The molecule has 1 aliphatic heterocycles. The lowest BCUT2D eigenvalue weighted by molar-refractivity contribution is -0.115. The molecule has 4 nitrogen and oxygen atoms in total. The number of carbonyl (C=O) groups is 1. The fourth-order valence-electron chi connectivity index (χ4n) is 1.35. The van der Waals surface area contributed by atoms with Gasteiger partial charge in [0.2, 0.25) is 5.91 Å². The van der Waals surface area contributed by atoms with E-state index in [2.05, 4.69) is 5.32 Å². The van der Waals surface area contributed by atoms with E-state index in [0.717, 1.165) is 5.56 Å². The number of aromatic hydroxyl groups is 1. The van der Waals surface area contributed by atoms with Crippen LogP contribution >= 0.6 is 0 Å². The van der Waals surface area contributed by atoms with Gasteiger partial charge in [-0.3, -0.25) is 4.79 Å². The number of hydrogen-bond donors (Lipinski definition) is 3. The van der Waals surface area contributed by atoms with Gasteiger partial charge in [-0.15, -0.1) is 0 Å². The van der Waals surface area contributed by atoms with Crippen LogP contribution < -0.4 is 11.1 Å². The molecule has 0 saturated heterocycles. The molecule has 0 aromatic heterocycles. The van der Waals surface area contributed by atoms with E-state index in [4.69, 9.17) is 5.73 Å². The summed E-state index contributed by atoms with van der Waals surface area (Å²) in [5.74, 6) is -0.0678. The van der Waals surface area contributed by atoms with Crippen LogP contribution in [-0.2, 0) is 11.2 Å². The summed E-state index contributed by atoms with van der Waals surface area (Å²) in [7, 11) is 0. The second-order valence-electron chi connectivity index (χ2n) is 2.80. The minimum Gasteiger partial charge on any atom is -0.506 e. The minimum absolute atomic E-state index is 0.0378. The first-order chi connectivity index (χ1) is 5.66. The van der Waals surface area contributed by atoms with E-state index >= 15 is 0 Å². The normalized spacial score (nSPS) is 14.2. The van der Waals surface area contributed by atoms with Crippen molar-refractivity contribution in [3.8, 4) is 5.75 Å². The highest BCUT2D eigenvalue weighted by Crippen LogP contribution is 2.34. The van der Waals surface area contributed by atoms with Crippen LogP contribution in [0.25, 0.3) is 0 Å². The van der Waals surface area contributed by atoms with Crippen LogP contribution in [-0.4, -0.2) is 11.0 Å². The summed E-state index contributed by atoms with van der Waals surface area (Å²) in [4.78, 5) is 10.9. The monoisotopic (exact) mass is 164 g/mol. The minimum atomic E-state index is -0.106. The SMILES string of the molecule is Nc1cc(O)c2c(c1)CC(=O)N2. The lowest BCUT2D eigenvalue weighted by Gasteiger charge is -2.02. The van der Waals surface area contributed by atoms with Crippen molar-refractivity contribution < 1.29 is 9.90 Å². The largest absolute Gasteiger partial charge is 0.506 e. The maximum Gasteiger partial charge on any atom is 0.228 e. The molecular formula is C8H8N2O2. The number of phenolic OH excluding ortho intramolecular Hbond substituents is 1. The summed E-state index contributed by atoms with van der Waals surface area (Å²) in [6.45, 7) is 0. The molecule has 0 unspecified atom stereocenters. The Kier molecular flexibility index (Phi) is 1.24. The summed E-state index contributed by atoms with van der Waals surface area (Å²) in [6.07, 6.45) is 0.300. The zero-order chi connectivity index (χ0) is 8.72. The molecule has 0 aliphatic carbocycles. The molecule has 2 rings (SSSR count). The summed E-state index contributed by atoms with van der Waals surface area (Å²) >= 11 is 0. The van der Waals surface area contributed by atoms with Gasteiger partial charge in [0.15, 0.2) is 0 Å². The molecule has 0 saturated carbocycles. The van der Waals surface area contributed by atoms with E-state index in [1.165, 1.54) is 6.07 Å². The highest BCUT2D eigenvalue weighted by molar-refractivity contribution is 6.01. The van der Waals surface area contributed by atoms with Gasteiger partial charge in [-0.05, 0) is 11.6 Å². The molecule has 0 atom stereocenters.